The normalized spacial score (nSPS) is 12.4. The number of imidazole rings is 1. The highest BCUT2D eigenvalue weighted by atomic mass is 32.1. The third kappa shape index (κ3) is 3.83. The molecule has 28 heavy (non-hydrogen) atoms. The summed E-state index contributed by atoms with van der Waals surface area (Å²) in [6.07, 6.45) is -9.13. The molecule has 2 aromatic carbocycles. The molecule has 2 nitrogen and oxygen atoms in total. The fourth-order valence-electron chi connectivity index (χ4n) is 2.59. The molecule has 0 unspecified atom stereocenters. The monoisotopic (exact) mass is 452 g/mol. The molecular formula is C17H10F6N2S3. The van der Waals surface area contributed by atoms with E-state index in [0.29, 0.717) is 0 Å². The maximum Gasteiger partial charge on any atom is 0.416 e. The standard InChI is InChI=1S/C17H10F6N2S3/c18-16(19,20)9-3-1-5-11(7-9)24-13(26)14(27)25(15(24)28)12-6-2-4-10(8-12)17(21,22)23/h1-8,26-27H. The molecule has 0 radical (unpaired) electrons. The SMILES string of the molecule is FC(F)(F)c1cccc(-n2c(S)c(S)n(-c3cccc(C(F)(F)F)c3)c2=S)c1. The number of alkyl halides is 6. The number of hydrogen-bond donors (Lipinski definition) is 2. The van der Waals surface area contributed by atoms with Crippen LogP contribution in [0.25, 0.3) is 11.4 Å². The van der Waals surface area contributed by atoms with Crippen molar-refractivity contribution in [2.75, 3.05) is 0 Å². The molecule has 0 saturated carbocycles. The molecule has 0 saturated heterocycles. The van der Waals surface area contributed by atoms with E-state index in [1.807, 2.05) is 0 Å². The van der Waals surface area contributed by atoms with Crippen molar-refractivity contribution in [2.24, 2.45) is 0 Å². The van der Waals surface area contributed by atoms with Gasteiger partial charge in [0, 0.05) is 11.4 Å². The number of hydrogen-bond acceptors (Lipinski definition) is 3. The van der Waals surface area contributed by atoms with Crippen LogP contribution in [0.2, 0.25) is 0 Å². The number of aromatic nitrogens is 2. The number of nitrogens with zero attached hydrogens (tertiary/aromatic N) is 2. The largest absolute Gasteiger partial charge is 0.416 e. The van der Waals surface area contributed by atoms with Gasteiger partial charge < -0.3 is 0 Å². The molecule has 0 atom stereocenters. The van der Waals surface area contributed by atoms with Gasteiger partial charge in [-0.1, -0.05) is 12.1 Å². The zero-order chi connectivity index (χ0) is 20.9. The number of benzene rings is 2. The Labute approximate surface area is 171 Å². The first kappa shape index (κ1) is 20.9. The topological polar surface area (TPSA) is 9.86 Å². The van der Waals surface area contributed by atoms with Crippen LogP contribution >= 0.6 is 37.5 Å². The minimum Gasteiger partial charge on any atom is -0.279 e. The molecule has 0 N–H and O–H groups in total. The molecule has 1 aromatic heterocycles. The van der Waals surface area contributed by atoms with Gasteiger partial charge in [-0.25, -0.2) is 0 Å². The molecular weight excluding hydrogens is 442 g/mol. The molecule has 0 aliphatic rings. The zero-order valence-electron chi connectivity index (χ0n) is 13.6. The van der Waals surface area contributed by atoms with Crippen LogP contribution in [0.5, 0.6) is 0 Å². The van der Waals surface area contributed by atoms with Crippen molar-refractivity contribution in [2.45, 2.75) is 22.4 Å². The molecule has 0 amide bonds. The lowest BCUT2D eigenvalue weighted by Gasteiger charge is -2.11. The van der Waals surface area contributed by atoms with Crippen LogP contribution in [0, 0.1) is 4.77 Å². The van der Waals surface area contributed by atoms with E-state index < -0.39 is 23.5 Å². The zero-order valence-corrected chi connectivity index (χ0v) is 16.2. The second kappa shape index (κ2) is 7.20. The minimum absolute atomic E-state index is 0.0610. The number of halogens is 6. The Bertz CT molecular complexity index is 1010. The van der Waals surface area contributed by atoms with E-state index in [1.54, 1.807) is 0 Å². The fourth-order valence-corrected chi connectivity index (χ4v) is 3.74. The van der Waals surface area contributed by atoms with Crippen molar-refractivity contribution in [3.8, 4) is 11.4 Å². The van der Waals surface area contributed by atoms with Crippen molar-refractivity contribution >= 4 is 37.5 Å². The van der Waals surface area contributed by atoms with Crippen LogP contribution in [0.15, 0.2) is 58.6 Å². The predicted octanol–water partition coefficient (Wildman–Crippen LogP) is 6.61. The number of rotatable bonds is 2. The van der Waals surface area contributed by atoms with E-state index in [0.717, 1.165) is 24.3 Å². The van der Waals surface area contributed by atoms with Crippen molar-refractivity contribution in [1.82, 2.24) is 9.13 Å². The van der Waals surface area contributed by atoms with Crippen molar-refractivity contribution in [1.29, 1.82) is 0 Å². The van der Waals surface area contributed by atoms with Gasteiger partial charge in [0.25, 0.3) is 0 Å². The summed E-state index contributed by atoms with van der Waals surface area (Å²) < 4.78 is 80.4. The van der Waals surface area contributed by atoms with E-state index in [-0.39, 0.29) is 26.2 Å². The summed E-state index contributed by atoms with van der Waals surface area (Å²) in [4.78, 5) is 0. The lowest BCUT2D eigenvalue weighted by Crippen LogP contribution is -2.07. The quantitative estimate of drug-likeness (QED) is 0.253. The summed E-state index contributed by atoms with van der Waals surface area (Å²) in [5, 5.41) is 0.176. The first-order valence-corrected chi connectivity index (χ1v) is 8.82. The summed E-state index contributed by atoms with van der Waals surface area (Å²) >= 11 is 13.8. The molecule has 0 bridgehead atoms. The summed E-state index contributed by atoms with van der Waals surface area (Å²) in [7, 11) is 0. The van der Waals surface area contributed by atoms with Crippen LogP contribution in [-0.4, -0.2) is 9.13 Å². The Kier molecular flexibility index (Phi) is 5.36. The molecule has 0 aliphatic carbocycles. The molecule has 0 aliphatic heterocycles. The highest BCUT2D eigenvalue weighted by Gasteiger charge is 2.32. The van der Waals surface area contributed by atoms with Crippen molar-refractivity contribution < 1.29 is 26.3 Å². The summed E-state index contributed by atoms with van der Waals surface area (Å²) in [6, 6.07) is 8.72. The van der Waals surface area contributed by atoms with E-state index in [4.69, 9.17) is 12.2 Å². The lowest BCUT2D eigenvalue weighted by atomic mass is 10.2. The number of thiol groups is 2. The van der Waals surface area contributed by atoms with Gasteiger partial charge in [0.15, 0.2) is 4.77 Å². The Morgan fingerprint density at radius 3 is 1.36 bits per heavy atom. The average Bonchev–Trinajstić information content (AvgIpc) is 2.83. The first-order chi connectivity index (χ1) is 12.9. The summed E-state index contributed by atoms with van der Waals surface area (Å²) in [5.41, 5.74) is -1.67. The van der Waals surface area contributed by atoms with E-state index in [1.165, 1.54) is 33.4 Å². The molecule has 0 fully saturated rings. The van der Waals surface area contributed by atoms with Crippen LogP contribution in [0.4, 0.5) is 26.3 Å². The summed E-state index contributed by atoms with van der Waals surface area (Å²) in [5.74, 6) is 0. The third-order valence-electron chi connectivity index (χ3n) is 3.87. The molecule has 3 aromatic rings. The van der Waals surface area contributed by atoms with Gasteiger partial charge in [-0.05, 0) is 48.6 Å². The molecule has 148 valence electrons. The third-order valence-corrected chi connectivity index (χ3v) is 5.23. The summed E-state index contributed by atoms with van der Waals surface area (Å²) in [6.45, 7) is 0. The van der Waals surface area contributed by atoms with Gasteiger partial charge in [-0.15, -0.1) is 25.3 Å². The van der Waals surface area contributed by atoms with Crippen molar-refractivity contribution in [3.63, 3.8) is 0 Å². The Hall–Kier alpha value is -1.85. The molecule has 3 rings (SSSR count). The van der Waals surface area contributed by atoms with Gasteiger partial charge in [-0.2, -0.15) is 26.3 Å². The van der Waals surface area contributed by atoms with Gasteiger partial charge in [-0.3, -0.25) is 9.13 Å². The maximum atomic E-state index is 13.0. The average molecular weight is 452 g/mol. The van der Waals surface area contributed by atoms with Crippen LogP contribution in [0.1, 0.15) is 11.1 Å². The maximum absolute atomic E-state index is 13.0. The van der Waals surface area contributed by atoms with Gasteiger partial charge in [0.05, 0.1) is 11.1 Å². The van der Waals surface area contributed by atoms with E-state index in [9.17, 15) is 26.3 Å². The molecule has 1 heterocycles. The van der Waals surface area contributed by atoms with E-state index in [2.05, 4.69) is 25.3 Å². The highest BCUT2D eigenvalue weighted by Crippen LogP contribution is 2.35. The Morgan fingerprint density at radius 1 is 0.679 bits per heavy atom. The van der Waals surface area contributed by atoms with Gasteiger partial charge in [0.2, 0.25) is 0 Å². The Balaban J connectivity index is 2.21. The predicted molar refractivity (Wildman–Crippen MR) is 100 cm³/mol. The second-order valence-electron chi connectivity index (χ2n) is 5.70. The van der Waals surface area contributed by atoms with Gasteiger partial charge >= 0.3 is 12.4 Å². The fraction of sp³-hybridized carbons (Fsp3) is 0.118. The molecule has 11 heteroatoms. The highest BCUT2D eigenvalue weighted by molar-refractivity contribution is 7.83. The van der Waals surface area contributed by atoms with E-state index >= 15 is 0 Å². The van der Waals surface area contributed by atoms with Crippen LogP contribution < -0.4 is 0 Å². The second-order valence-corrected chi connectivity index (χ2v) is 6.91. The molecule has 0 spiro atoms. The van der Waals surface area contributed by atoms with Crippen LogP contribution in [-0.2, 0) is 12.4 Å². The van der Waals surface area contributed by atoms with Crippen LogP contribution in [0.3, 0.4) is 0 Å². The lowest BCUT2D eigenvalue weighted by molar-refractivity contribution is -0.138. The minimum atomic E-state index is -4.57. The Morgan fingerprint density at radius 2 is 1.04 bits per heavy atom. The smallest absolute Gasteiger partial charge is 0.279 e. The van der Waals surface area contributed by atoms with Crippen molar-refractivity contribution in [3.05, 3.63) is 64.4 Å². The van der Waals surface area contributed by atoms with Gasteiger partial charge in [0.1, 0.15) is 10.1 Å². The first-order valence-electron chi connectivity index (χ1n) is 7.52.